The number of alkyl halides is 3. The van der Waals surface area contributed by atoms with Crippen molar-refractivity contribution in [2.45, 2.75) is 42.3 Å². The molecule has 0 bridgehead atoms. The molecule has 1 aromatic rings. The van der Waals surface area contributed by atoms with Gasteiger partial charge in [0.05, 0.1) is 10.5 Å². The molecule has 3 N–H and O–H groups in total. The molecule has 1 aliphatic carbocycles. The number of nitrogens with two attached hydrogens (primary N) is 1. The second kappa shape index (κ2) is 5.58. The largest absolute Gasteiger partial charge is 0.416 e. The van der Waals surface area contributed by atoms with E-state index in [1.165, 1.54) is 0 Å². The van der Waals surface area contributed by atoms with E-state index in [1.807, 2.05) is 0 Å². The molecule has 2 rings (SSSR count). The third kappa shape index (κ3) is 3.56. The molecule has 0 saturated heterocycles. The van der Waals surface area contributed by atoms with Gasteiger partial charge in [0.25, 0.3) is 0 Å². The first kappa shape index (κ1) is 16.3. The average Bonchev–Trinajstić information content (AvgIpc) is 2.86. The highest BCUT2D eigenvalue weighted by molar-refractivity contribution is 7.89. The van der Waals surface area contributed by atoms with E-state index in [2.05, 4.69) is 4.72 Å². The minimum absolute atomic E-state index is 0.173. The summed E-state index contributed by atoms with van der Waals surface area (Å²) in [6.45, 7) is 0.173. The molecule has 1 fully saturated rings. The number of nitrogens with one attached hydrogen (secondary N) is 1. The summed E-state index contributed by atoms with van der Waals surface area (Å²) in [5.74, 6) is 0. The molecule has 0 atom stereocenters. The van der Waals surface area contributed by atoms with Crippen LogP contribution in [0.25, 0.3) is 0 Å². The van der Waals surface area contributed by atoms with Gasteiger partial charge in [-0.05, 0) is 37.1 Å². The van der Waals surface area contributed by atoms with E-state index in [1.54, 1.807) is 0 Å². The Balaban J connectivity index is 2.24. The Bertz CT molecular complexity index is 591. The van der Waals surface area contributed by atoms with E-state index in [0.29, 0.717) is 12.8 Å². The van der Waals surface area contributed by atoms with Gasteiger partial charge in [0.15, 0.2) is 0 Å². The number of benzene rings is 1. The van der Waals surface area contributed by atoms with Crippen LogP contribution < -0.4 is 10.5 Å². The molecule has 0 amide bonds. The maximum atomic E-state index is 12.5. The molecule has 1 aliphatic rings. The van der Waals surface area contributed by atoms with Crippen LogP contribution in [0.4, 0.5) is 13.2 Å². The number of rotatable bonds is 4. The fraction of sp³-hybridized carbons (Fsp3) is 0.538. The van der Waals surface area contributed by atoms with Gasteiger partial charge in [-0.2, -0.15) is 13.2 Å². The molecule has 21 heavy (non-hydrogen) atoms. The van der Waals surface area contributed by atoms with Crippen molar-refractivity contribution in [1.29, 1.82) is 0 Å². The molecule has 118 valence electrons. The molecule has 8 heteroatoms. The third-order valence-corrected chi connectivity index (χ3v) is 5.39. The van der Waals surface area contributed by atoms with Gasteiger partial charge in [-0.1, -0.05) is 12.8 Å². The highest BCUT2D eigenvalue weighted by Gasteiger charge is 2.37. The monoisotopic (exact) mass is 322 g/mol. The number of hydrogen-bond donors (Lipinski definition) is 2. The predicted octanol–water partition coefficient (Wildman–Crippen LogP) is 2.26. The summed E-state index contributed by atoms with van der Waals surface area (Å²) >= 11 is 0. The lowest BCUT2D eigenvalue weighted by atomic mass is 10.0. The van der Waals surface area contributed by atoms with Crippen LogP contribution in [0.2, 0.25) is 0 Å². The maximum absolute atomic E-state index is 12.5. The van der Waals surface area contributed by atoms with Crippen molar-refractivity contribution < 1.29 is 21.6 Å². The van der Waals surface area contributed by atoms with Gasteiger partial charge in [-0.15, -0.1) is 0 Å². The van der Waals surface area contributed by atoms with Crippen LogP contribution in [0.5, 0.6) is 0 Å². The van der Waals surface area contributed by atoms with Gasteiger partial charge in [0.2, 0.25) is 10.0 Å². The van der Waals surface area contributed by atoms with Crippen LogP contribution in [0, 0.1) is 0 Å². The van der Waals surface area contributed by atoms with Gasteiger partial charge in [0, 0.05) is 12.1 Å². The molecule has 4 nitrogen and oxygen atoms in total. The Morgan fingerprint density at radius 2 is 1.67 bits per heavy atom. The quantitative estimate of drug-likeness (QED) is 0.893. The topological polar surface area (TPSA) is 72.2 Å². The molecule has 1 aromatic carbocycles. The van der Waals surface area contributed by atoms with Gasteiger partial charge in [-0.3, -0.25) is 0 Å². The summed E-state index contributed by atoms with van der Waals surface area (Å²) in [5, 5.41) is 0. The van der Waals surface area contributed by atoms with Crippen molar-refractivity contribution >= 4 is 10.0 Å². The fourth-order valence-corrected chi connectivity index (χ4v) is 4.04. The predicted molar refractivity (Wildman–Crippen MR) is 72.0 cm³/mol. The van der Waals surface area contributed by atoms with Crippen molar-refractivity contribution in [1.82, 2.24) is 4.72 Å². The van der Waals surface area contributed by atoms with Crippen LogP contribution in [-0.4, -0.2) is 20.5 Å². The fourth-order valence-electron chi connectivity index (χ4n) is 2.57. The minimum atomic E-state index is -4.49. The van der Waals surface area contributed by atoms with E-state index >= 15 is 0 Å². The Morgan fingerprint density at radius 1 is 1.14 bits per heavy atom. The Morgan fingerprint density at radius 3 is 2.10 bits per heavy atom. The zero-order chi connectivity index (χ0) is 15.7. The second-order valence-electron chi connectivity index (χ2n) is 5.32. The molecule has 0 spiro atoms. The molecular formula is C13H17F3N2O2S. The smallest absolute Gasteiger partial charge is 0.329 e. The van der Waals surface area contributed by atoms with Crippen molar-refractivity contribution in [3.8, 4) is 0 Å². The zero-order valence-corrected chi connectivity index (χ0v) is 12.1. The summed E-state index contributed by atoms with van der Waals surface area (Å²) < 4.78 is 64.5. The van der Waals surface area contributed by atoms with Crippen molar-refractivity contribution in [3.05, 3.63) is 29.8 Å². The number of halogens is 3. The first-order chi connectivity index (χ1) is 9.69. The van der Waals surface area contributed by atoms with Crippen molar-refractivity contribution in [2.24, 2.45) is 5.73 Å². The molecular weight excluding hydrogens is 305 g/mol. The Hall–Kier alpha value is -1.12. The van der Waals surface area contributed by atoms with E-state index in [-0.39, 0.29) is 11.4 Å². The highest BCUT2D eigenvalue weighted by atomic mass is 32.2. The Labute approximate surface area is 121 Å². The SMILES string of the molecule is NCC1(NS(=O)(=O)c2ccc(C(F)(F)F)cc2)CCCC1. The van der Waals surface area contributed by atoms with E-state index in [0.717, 1.165) is 37.1 Å². The maximum Gasteiger partial charge on any atom is 0.416 e. The molecule has 0 unspecified atom stereocenters. The summed E-state index contributed by atoms with van der Waals surface area (Å²) in [5.41, 5.74) is 4.10. The van der Waals surface area contributed by atoms with Crippen molar-refractivity contribution in [3.63, 3.8) is 0 Å². The summed E-state index contributed by atoms with van der Waals surface area (Å²) in [7, 11) is -3.87. The van der Waals surface area contributed by atoms with E-state index < -0.39 is 27.3 Å². The highest BCUT2D eigenvalue weighted by Crippen LogP contribution is 2.32. The molecule has 0 aromatic heterocycles. The lowest BCUT2D eigenvalue weighted by Crippen LogP contribution is -2.51. The molecule has 1 saturated carbocycles. The summed E-state index contributed by atoms with van der Waals surface area (Å²) in [6, 6.07) is 3.45. The van der Waals surface area contributed by atoms with Gasteiger partial charge in [-0.25, -0.2) is 13.1 Å². The zero-order valence-electron chi connectivity index (χ0n) is 11.3. The summed E-state index contributed by atoms with van der Waals surface area (Å²) in [4.78, 5) is -0.185. The molecule has 0 heterocycles. The first-order valence-electron chi connectivity index (χ1n) is 6.60. The van der Waals surface area contributed by atoms with Crippen molar-refractivity contribution in [2.75, 3.05) is 6.54 Å². The van der Waals surface area contributed by atoms with E-state index in [9.17, 15) is 21.6 Å². The van der Waals surface area contributed by atoms with Crippen LogP contribution in [0.1, 0.15) is 31.2 Å². The molecule has 0 aliphatic heterocycles. The van der Waals surface area contributed by atoms with Gasteiger partial charge < -0.3 is 5.73 Å². The minimum Gasteiger partial charge on any atom is -0.329 e. The van der Waals surface area contributed by atoms with Crippen LogP contribution in [-0.2, 0) is 16.2 Å². The van der Waals surface area contributed by atoms with Gasteiger partial charge in [0.1, 0.15) is 0 Å². The Kier molecular flexibility index (Phi) is 4.32. The third-order valence-electron chi connectivity index (χ3n) is 3.79. The lowest BCUT2D eigenvalue weighted by molar-refractivity contribution is -0.137. The van der Waals surface area contributed by atoms with Gasteiger partial charge >= 0.3 is 6.18 Å². The second-order valence-corrected chi connectivity index (χ2v) is 7.00. The first-order valence-corrected chi connectivity index (χ1v) is 8.08. The normalized spacial score (nSPS) is 18.9. The standard InChI is InChI=1S/C13H17F3N2O2S/c14-13(15,16)10-3-5-11(6-4-10)21(19,20)18-12(9-17)7-1-2-8-12/h3-6,18H,1-2,7-9,17H2. The van der Waals surface area contributed by atoms with Crippen LogP contribution in [0.15, 0.2) is 29.2 Å². The summed E-state index contributed by atoms with van der Waals surface area (Å²) in [6.07, 6.45) is -1.44. The van der Waals surface area contributed by atoms with Crippen LogP contribution in [0.3, 0.4) is 0 Å². The number of sulfonamides is 1. The molecule has 0 radical (unpaired) electrons. The lowest BCUT2D eigenvalue weighted by Gasteiger charge is -2.28. The average molecular weight is 322 g/mol. The number of hydrogen-bond acceptors (Lipinski definition) is 3. The van der Waals surface area contributed by atoms with E-state index in [4.69, 9.17) is 5.73 Å². The van der Waals surface area contributed by atoms with Crippen LogP contribution >= 0.6 is 0 Å².